The van der Waals surface area contributed by atoms with E-state index in [9.17, 15) is 0 Å². The van der Waals surface area contributed by atoms with Crippen LogP contribution in [0.4, 0.5) is 0 Å². The van der Waals surface area contributed by atoms with Gasteiger partial charge in [0, 0.05) is 31.3 Å². The fourth-order valence-electron chi connectivity index (χ4n) is 2.51. The molecule has 1 aromatic rings. The Hall–Kier alpha value is -0.870. The largest absolute Gasteiger partial charge is 0.381 e. The highest BCUT2D eigenvalue weighted by Crippen LogP contribution is 2.51. The van der Waals surface area contributed by atoms with Gasteiger partial charge in [0.1, 0.15) is 0 Å². The van der Waals surface area contributed by atoms with E-state index >= 15 is 0 Å². The first kappa shape index (κ1) is 10.6. The van der Waals surface area contributed by atoms with Crippen molar-refractivity contribution in [3.8, 4) is 0 Å². The molecule has 2 unspecified atom stereocenters. The Kier molecular flexibility index (Phi) is 2.56. The van der Waals surface area contributed by atoms with E-state index in [0.29, 0.717) is 18.7 Å². The number of hydrogen-bond donors (Lipinski definition) is 1. The number of rotatable bonds is 3. The molecule has 1 aliphatic rings. The first-order chi connectivity index (χ1) is 7.11. The fraction of sp³-hybridized carbons (Fsp3) is 0.727. The molecule has 4 heteroatoms. The van der Waals surface area contributed by atoms with E-state index in [4.69, 9.17) is 10.5 Å². The maximum atomic E-state index is 5.68. The monoisotopic (exact) mass is 209 g/mol. The molecule has 15 heavy (non-hydrogen) atoms. The molecule has 0 amide bonds. The van der Waals surface area contributed by atoms with Crippen molar-refractivity contribution in [1.82, 2.24) is 9.55 Å². The van der Waals surface area contributed by atoms with Gasteiger partial charge in [-0.2, -0.15) is 0 Å². The predicted molar refractivity (Wildman–Crippen MR) is 58.4 cm³/mol. The third-order valence-electron chi connectivity index (χ3n) is 3.70. The van der Waals surface area contributed by atoms with Gasteiger partial charge in [-0.05, 0) is 6.42 Å². The smallest absolute Gasteiger partial charge is 0.0951 e. The molecule has 1 aliphatic carbocycles. The zero-order chi connectivity index (χ0) is 11.1. The molecule has 0 saturated heterocycles. The van der Waals surface area contributed by atoms with Crippen molar-refractivity contribution in [3.05, 3.63) is 18.2 Å². The van der Waals surface area contributed by atoms with Gasteiger partial charge < -0.3 is 15.0 Å². The lowest BCUT2D eigenvalue weighted by Gasteiger charge is -2.51. The minimum atomic E-state index is 0.166. The Balaban J connectivity index is 2.21. The minimum absolute atomic E-state index is 0.166. The van der Waals surface area contributed by atoms with Crippen molar-refractivity contribution in [1.29, 1.82) is 0 Å². The molecular weight excluding hydrogens is 190 g/mol. The van der Waals surface area contributed by atoms with E-state index in [2.05, 4.69) is 23.4 Å². The molecule has 4 nitrogen and oxygen atoms in total. The van der Waals surface area contributed by atoms with Crippen LogP contribution in [-0.4, -0.2) is 22.8 Å². The summed E-state index contributed by atoms with van der Waals surface area (Å²) in [5, 5.41) is 0. The summed E-state index contributed by atoms with van der Waals surface area (Å²) in [6.07, 6.45) is 5.11. The summed E-state index contributed by atoms with van der Waals surface area (Å²) in [5.41, 5.74) is 6.94. The number of imidazole rings is 1. The molecule has 1 saturated carbocycles. The fourth-order valence-corrected chi connectivity index (χ4v) is 2.51. The molecule has 1 aromatic heterocycles. The predicted octanol–water partition coefficient (Wildman–Crippen LogP) is 1.33. The molecule has 84 valence electrons. The van der Waals surface area contributed by atoms with Crippen molar-refractivity contribution in [2.75, 3.05) is 7.11 Å². The molecule has 0 radical (unpaired) electrons. The maximum Gasteiger partial charge on any atom is 0.0951 e. The van der Waals surface area contributed by atoms with Crippen LogP contribution in [0.15, 0.2) is 12.5 Å². The van der Waals surface area contributed by atoms with Gasteiger partial charge in [-0.25, -0.2) is 4.98 Å². The Morgan fingerprint density at radius 2 is 2.40 bits per heavy atom. The second kappa shape index (κ2) is 3.61. The van der Waals surface area contributed by atoms with E-state index in [-0.39, 0.29) is 5.41 Å². The highest BCUT2D eigenvalue weighted by molar-refractivity contribution is 5.08. The number of ether oxygens (including phenoxy) is 1. The van der Waals surface area contributed by atoms with Crippen LogP contribution in [0.25, 0.3) is 0 Å². The van der Waals surface area contributed by atoms with Gasteiger partial charge in [-0.3, -0.25) is 0 Å². The molecule has 0 spiro atoms. The van der Waals surface area contributed by atoms with E-state index < -0.39 is 0 Å². The van der Waals surface area contributed by atoms with Crippen LogP contribution >= 0.6 is 0 Å². The lowest BCUT2D eigenvalue weighted by molar-refractivity contribution is -0.113. The molecule has 2 atom stereocenters. The van der Waals surface area contributed by atoms with E-state index in [1.807, 2.05) is 12.5 Å². The first-order valence-corrected chi connectivity index (χ1v) is 5.34. The van der Waals surface area contributed by atoms with Crippen LogP contribution in [0, 0.1) is 5.41 Å². The first-order valence-electron chi connectivity index (χ1n) is 5.34. The summed E-state index contributed by atoms with van der Waals surface area (Å²) in [7, 11) is 1.78. The molecule has 1 heterocycles. The van der Waals surface area contributed by atoms with E-state index in [0.717, 1.165) is 12.1 Å². The van der Waals surface area contributed by atoms with Crippen LogP contribution < -0.4 is 5.73 Å². The van der Waals surface area contributed by atoms with Crippen molar-refractivity contribution in [2.24, 2.45) is 11.1 Å². The highest BCUT2D eigenvalue weighted by atomic mass is 16.5. The quantitative estimate of drug-likeness (QED) is 0.817. The maximum absolute atomic E-state index is 5.68. The molecule has 2 rings (SSSR count). The van der Waals surface area contributed by atoms with Gasteiger partial charge in [0.15, 0.2) is 0 Å². The Bertz CT molecular complexity index is 345. The van der Waals surface area contributed by atoms with Gasteiger partial charge in [-0.15, -0.1) is 0 Å². The molecule has 0 aromatic carbocycles. The summed E-state index contributed by atoms with van der Waals surface area (Å²) >= 11 is 0. The number of nitrogens with zero attached hydrogens (tertiary/aromatic N) is 2. The van der Waals surface area contributed by atoms with Gasteiger partial charge in [0.25, 0.3) is 0 Å². The Morgan fingerprint density at radius 1 is 1.67 bits per heavy atom. The third kappa shape index (κ3) is 1.48. The third-order valence-corrected chi connectivity index (χ3v) is 3.70. The normalized spacial score (nSPS) is 28.8. The lowest BCUT2D eigenvalue weighted by Crippen LogP contribution is -2.51. The van der Waals surface area contributed by atoms with Crippen molar-refractivity contribution in [3.63, 3.8) is 0 Å². The van der Waals surface area contributed by atoms with Crippen LogP contribution in [0.3, 0.4) is 0 Å². The molecule has 2 N–H and O–H groups in total. The number of methoxy groups -OCH3 is 1. The zero-order valence-corrected chi connectivity index (χ0v) is 9.60. The van der Waals surface area contributed by atoms with Crippen LogP contribution in [0.5, 0.6) is 0 Å². The van der Waals surface area contributed by atoms with Gasteiger partial charge >= 0.3 is 0 Å². The summed E-state index contributed by atoms with van der Waals surface area (Å²) < 4.78 is 7.63. The Labute approximate surface area is 90.4 Å². The van der Waals surface area contributed by atoms with Gasteiger partial charge in [-0.1, -0.05) is 13.8 Å². The van der Waals surface area contributed by atoms with Crippen molar-refractivity contribution >= 4 is 0 Å². The van der Waals surface area contributed by atoms with Gasteiger partial charge in [0.2, 0.25) is 0 Å². The standard InChI is InChI=1S/C11H19N3O/c1-11(2)9(4-10(11)15-3)14-7-13-6-8(14)5-12/h6-7,9-10H,4-5,12H2,1-3H3. The molecule has 0 aliphatic heterocycles. The second-order valence-electron chi connectivity index (χ2n) is 4.79. The minimum Gasteiger partial charge on any atom is -0.381 e. The SMILES string of the molecule is COC1CC(n2cncc2CN)C1(C)C. The average Bonchev–Trinajstić information content (AvgIpc) is 2.64. The number of hydrogen-bond acceptors (Lipinski definition) is 3. The Morgan fingerprint density at radius 3 is 2.93 bits per heavy atom. The lowest BCUT2D eigenvalue weighted by atomic mass is 9.64. The molecular formula is C11H19N3O. The topological polar surface area (TPSA) is 53.1 Å². The van der Waals surface area contributed by atoms with Crippen LogP contribution in [-0.2, 0) is 11.3 Å². The molecule has 0 bridgehead atoms. The number of aromatic nitrogens is 2. The summed E-state index contributed by atoms with van der Waals surface area (Å²) in [4.78, 5) is 4.15. The zero-order valence-electron chi connectivity index (χ0n) is 9.60. The summed E-state index contributed by atoms with van der Waals surface area (Å²) in [6, 6.07) is 0.462. The summed E-state index contributed by atoms with van der Waals surface area (Å²) in [5.74, 6) is 0. The number of nitrogens with two attached hydrogens (primary N) is 1. The van der Waals surface area contributed by atoms with Gasteiger partial charge in [0.05, 0.1) is 18.1 Å². The highest BCUT2D eigenvalue weighted by Gasteiger charge is 2.49. The van der Waals surface area contributed by atoms with Crippen LogP contribution in [0.2, 0.25) is 0 Å². The molecule has 1 fully saturated rings. The van der Waals surface area contributed by atoms with Crippen molar-refractivity contribution in [2.45, 2.75) is 39.0 Å². The van der Waals surface area contributed by atoms with E-state index in [1.54, 1.807) is 7.11 Å². The van der Waals surface area contributed by atoms with Crippen LogP contribution in [0.1, 0.15) is 32.0 Å². The average molecular weight is 209 g/mol. The van der Waals surface area contributed by atoms with E-state index in [1.165, 1.54) is 0 Å². The van der Waals surface area contributed by atoms with Crippen molar-refractivity contribution < 1.29 is 4.74 Å². The summed E-state index contributed by atoms with van der Waals surface area (Å²) in [6.45, 7) is 5.01. The second-order valence-corrected chi connectivity index (χ2v) is 4.79.